The van der Waals surface area contributed by atoms with Crippen molar-refractivity contribution in [2.45, 2.75) is 12.0 Å². The van der Waals surface area contributed by atoms with E-state index in [0.717, 1.165) is 0 Å². The summed E-state index contributed by atoms with van der Waals surface area (Å²) in [4.78, 5) is 21.1. The van der Waals surface area contributed by atoms with Crippen LogP contribution in [0, 0.1) is 5.92 Å². The zero-order valence-corrected chi connectivity index (χ0v) is 9.17. The molecule has 17 heavy (non-hydrogen) atoms. The zero-order chi connectivity index (χ0) is 13.5. The van der Waals surface area contributed by atoms with Crippen LogP contribution >= 0.6 is 0 Å². The highest BCUT2D eigenvalue weighted by Gasteiger charge is 2.30. The van der Waals surface area contributed by atoms with E-state index in [2.05, 4.69) is 5.32 Å². The molecule has 0 bridgehead atoms. The van der Waals surface area contributed by atoms with Gasteiger partial charge in [0.25, 0.3) is 0 Å². The zero-order valence-electron chi connectivity index (χ0n) is 9.17. The van der Waals surface area contributed by atoms with Crippen LogP contribution in [-0.2, 0) is 9.59 Å². The quantitative estimate of drug-likeness (QED) is 0.263. The first-order valence-electron chi connectivity index (χ1n) is 4.93. The minimum Gasteiger partial charge on any atom is -0.481 e. The first-order chi connectivity index (χ1) is 7.90. The van der Waals surface area contributed by atoms with Gasteiger partial charge >= 0.3 is 11.9 Å². The second kappa shape index (κ2) is 7.17. The Morgan fingerprint density at radius 1 is 1.06 bits per heavy atom. The molecule has 0 radical (unpaired) electrons. The molecule has 0 aromatic heterocycles. The maximum absolute atomic E-state index is 10.7. The van der Waals surface area contributed by atoms with Crippen molar-refractivity contribution in [1.82, 2.24) is 5.32 Å². The molecule has 0 fully saturated rings. The van der Waals surface area contributed by atoms with Crippen LogP contribution in [-0.4, -0.2) is 69.4 Å². The first-order valence-corrected chi connectivity index (χ1v) is 4.93. The summed E-state index contributed by atoms with van der Waals surface area (Å²) < 4.78 is 0. The molecule has 6 N–H and O–H groups in total. The Morgan fingerprint density at radius 2 is 1.53 bits per heavy atom. The summed E-state index contributed by atoms with van der Waals surface area (Å²) in [6.07, 6.45) is -0.583. The van der Waals surface area contributed by atoms with Crippen LogP contribution in [0.25, 0.3) is 0 Å². The number of hydrogen-bond donors (Lipinski definition) is 6. The van der Waals surface area contributed by atoms with E-state index < -0.39 is 49.6 Å². The number of nitrogens with one attached hydrogen (secondary N) is 1. The van der Waals surface area contributed by atoms with Crippen LogP contribution in [0.3, 0.4) is 0 Å². The molecule has 0 rings (SSSR count). The molecule has 0 spiro atoms. The molecular weight excluding hydrogens is 234 g/mol. The fourth-order valence-electron chi connectivity index (χ4n) is 1.11. The third-order valence-electron chi connectivity index (χ3n) is 2.40. The second-order valence-electron chi connectivity index (χ2n) is 3.77. The lowest BCUT2D eigenvalue weighted by Gasteiger charge is -2.29. The normalized spacial score (nSPS) is 13.4. The van der Waals surface area contributed by atoms with Gasteiger partial charge in [-0.25, -0.2) is 0 Å². The second-order valence-corrected chi connectivity index (χ2v) is 3.77. The number of aliphatic hydroxyl groups excluding tert-OH is 3. The molecule has 1 atom stereocenters. The SMILES string of the molecule is O=C(O)CC(CNC(CO)(CO)CO)C(=O)O. The third-order valence-corrected chi connectivity index (χ3v) is 2.40. The first kappa shape index (κ1) is 15.8. The molecule has 0 heterocycles. The van der Waals surface area contributed by atoms with Gasteiger partial charge in [0.05, 0.1) is 37.7 Å². The minimum absolute atomic E-state index is 0.274. The van der Waals surface area contributed by atoms with E-state index in [1.807, 2.05) is 0 Å². The highest BCUT2D eigenvalue weighted by molar-refractivity contribution is 5.77. The van der Waals surface area contributed by atoms with E-state index in [1.165, 1.54) is 0 Å². The number of carboxylic acids is 2. The molecule has 0 saturated heterocycles. The monoisotopic (exact) mass is 251 g/mol. The maximum Gasteiger partial charge on any atom is 0.308 e. The molecule has 0 aliphatic rings. The molecule has 0 saturated carbocycles. The Hall–Kier alpha value is -1.22. The van der Waals surface area contributed by atoms with Gasteiger partial charge in [0.15, 0.2) is 0 Å². The third kappa shape index (κ3) is 5.09. The van der Waals surface area contributed by atoms with E-state index in [9.17, 15) is 9.59 Å². The Labute approximate surface area is 97.5 Å². The highest BCUT2D eigenvalue weighted by Crippen LogP contribution is 2.07. The van der Waals surface area contributed by atoms with Crippen molar-refractivity contribution in [1.29, 1.82) is 0 Å². The summed E-state index contributed by atoms with van der Waals surface area (Å²) in [5, 5.41) is 46.6. The van der Waals surface area contributed by atoms with Gasteiger partial charge in [-0.05, 0) is 0 Å². The lowest BCUT2D eigenvalue weighted by Crippen LogP contribution is -2.56. The maximum atomic E-state index is 10.7. The molecule has 0 aliphatic heterocycles. The van der Waals surface area contributed by atoms with Gasteiger partial charge in [-0.3, -0.25) is 9.59 Å². The number of rotatable bonds is 9. The Morgan fingerprint density at radius 3 is 1.82 bits per heavy atom. The average molecular weight is 251 g/mol. The number of aliphatic carboxylic acids is 2. The summed E-state index contributed by atoms with van der Waals surface area (Å²) in [7, 11) is 0. The molecular formula is C9H17NO7. The molecule has 0 aromatic carbocycles. The van der Waals surface area contributed by atoms with E-state index in [4.69, 9.17) is 25.5 Å². The van der Waals surface area contributed by atoms with Crippen molar-refractivity contribution >= 4 is 11.9 Å². The fourth-order valence-corrected chi connectivity index (χ4v) is 1.11. The fraction of sp³-hybridized carbons (Fsp3) is 0.778. The molecule has 8 heteroatoms. The topological polar surface area (TPSA) is 147 Å². The van der Waals surface area contributed by atoms with Gasteiger partial charge in [-0.2, -0.15) is 0 Å². The summed E-state index contributed by atoms with van der Waals surface area (Å²) in [5.41, 5.74) is -1.41. The van der Waals surface area contributed by atoms with Gasteiger partial charge in [0.2, 0.25) is 0 Å². The van der Waals surface area contributed by atoms with Crippen LogP contribution in [0.1, 0.15) is 6.42 Å². The summed E-state index contributed by atoms with van der Waals surface area (Å²) >= 11 is 0. The molecule has 0 amide bonds. The van der Waals surface area contributed by atoms with E-state index >= 15 is 0 Å². The van der Waals surface area contributed by atoms with Gasteiger partial charge in [-0.1, -0.05) is 0 Å². The van der Waals surface area contributed by atoms with Gasteiger partial charge < -0.3 is 30.8 Å². The smallest absolute Gasteiger partial charge is 0.308 e. The summed E-state index contributed by atoms with van der Waals surface area (Å²) in [6, 6.07) is 0. The van der Waals surface area contributed by atoms with E-state index in [-0.39, 0.29) is 6.54 Å². The van der Waals surface area contributed by atoms with Crippen molar-refractivity contribution in [2.75, 3.05) is 26.4 Å². The predicted molar refractivity (Wildman–Crippen MR) is 55.4 cm³/mol. The van der Waals surface area contributed by atoms with Gasteiger partial charge in [-0.15, -0.1) is 0 Å². The van der Waals surface area contributed by atoms with E-state index in [0.29, 0.717) is 0 Å². The van der Waals surface area contributed by atoms with Gasteiger partial charge in [0.1, 0.15) is 0 Å². The largest absolute Gasteiger partial charge is 0.481 e. The Kier molecular flexibility index (Phi) is 6.66. The highest BCUT2D eigenvalue weighted by atomic mass is 16.4. The number of carboxylic acid groups (broad SMARTS) is 2. The number of hydrogen-bond acceptors (Lipinski definition) is 6. The average Bonchev–Trinajstić information content (AvgIpc) is 2.29. The Bertz CT molecular complexity index is 256. The van der Waals surface area contributed by atoms with Crippen molar-refractivity contribution in [2.24, 2.45) is 5.92 Å². The van der Waals surface area contributed by atoms with Crippen LogP contribution in [0.5, 0.6) is 0 Å². The van der Waals surface area contributed by atoms with Crippen molar-refractivity contribution in [3.8, 4) is 0 Å². The molecule has 1 unspecified atom stereocenters. The van der Waals surface area contributed by atoms with Crippen molar-refractivity contribution < 1.29 is 35.1 Å². The lowest BCUT2D eigenvalue weighted by molar-refractivity contribution is -0.148. The van der Waals surface area contributed by atoms with Crippen molar-refractivity contribution in [3.63, 3.8) is 0 Å². The molecule has 100 valence electrons. The molecule has 0 aromatic rings. The Balaban J connectivity index is 4.46. The van der Waals surface area contributed by atoms with Crippen molar-refractivity contribution in [3.05, 3.63) is 0 Å². The van der Waals surface area contributed by atoms with Crippen LogP contribution in [0.15, 0.2) is 0 Å². The minimum atomic E-state index is -1.41. The predicted octanol–water partition coefficient (Wildman–Crippen LogP) is -2.53. The number of aliphatic hydroxyl groups is 3. The van der Waals surface area contributed by atoms with E-state index in [1.54, 1.807) is 0 Å². The van der Waals surface area contributed by atoms with Crippen LogP contribution in [0.4, 0.5) is 0 Å². The van der Waals surface area contributed by atoms with Crippen LogP contribution < -0.4 is 5.32 Å². The molecule has 0 aliphatic carbocycles. The summed E-state index contributed by atoms with van der Waals surface area (Å²) in [5.74, 6) is -3.76. The standard InChI is InChI=1S/C9H17NO7/c11-3-9(4-12,5-13)10-2-6(8(16)17)1-7(14)15/h6,10-13H,1-5H2,(H,14,15)(H,16,17). The number of carbonyl (C=O) groups is 2. The molecule has 8 nitrogen and oxygen atoms in total. The summed E-state index contributed by atoms with van der Waals surface area (Å²) in [6.45, 7) is -2.07. The van der Waals surface area contributed by atoms with Gasteiger partial charge in [0, 0.05) is 6.54 Å². The van der Waals surface area contributed by atoms with Crippen LogP contribution in [0.2, 0.25) is 0 Å². The lowest BCUT2D eigenvalue weighted by atomic mass is 10.00.